The Morgan fingerprint density at radius 3 is 2.21 bits per heavy atom. The molecule has 1 fully saturated rings. The predicted molar refractivity (Wildman–Crippen MR) is 59.1 cm³/mol. The summed E-state index contributed by atoms with van der Waals surface area (Å²) in [6.45, 7) is 6.51. The number of nitrogens with one attached hydrogen (secondary N) is 1. The molecule has 0 bridgehead atoms. The normalized spacial score (nSPS) is 20.9. The average molecular weight is 219 g/mol. The molecule has 14 heavy (non-hydrogen) atoms. The van der Waals surface area contributed by atoms with Gasteiger partial charge in [-0.3, -0.25) is 0 Å². The van der Waals surface area contributed by atoms with E-state index >= 15 is 0 Å². The number of hydrogen-bond donors (Lipinski definition) is 1. The van der Waals surface area contributed by atoms with Crippen LogP contribution in [0, 0.1) is 5.92 Å². The van der Waals surface area contributed by atoms with E-state index in [1.54, 1.807) is 0 Å². The van der Waals surface area contributed by atoms with Gasteiger partial charge in [-0.25, -0.2) is 8.42 Å². The van der Waals surface area contributed by atoms with Crippen LogP contribution in [-0.4, -0.2) is 32.0 Å². The lowest BCUT2D eigenvalue weighted by Gasteiger charge is -2.33. The van der Waals surface area contributed by atoms with E-state index in [1.165, 1.54) is 6.26 Å². The van der Waals surface area contributed by atoms with Crippen molar-refractivity contribution in [3.63, 3.8) is 0 Å². The first-order valence-electron chi connectivity index (χ1n) is 5.23. The zero-order chi connectivity index (χ0) is 11.0. The summed E-state index contributed by atoms with van der Waals surface area (Å²) in [6, 6.07) is 0.113. The van der Waals surface area contributed by atoms with Gasteiger partial charge in [0.15, 0.2) is 9.84 Å². The summed E-state index contributed by atoms with van der Waals surface area (Å²) in [6.07, 6.45) is 3.66. The lowest BCUT2D eigenvalue weighted by atomic mass is 9.98. The summed E-state index contributed by atoms with van der Waals surface area (Å²) < 4.78 is 22.7. The summed E-state index contributed by atoms with van der Waals surface area (Å²) in [5, 5.41) is 3.31. The minimum absolute atomic E-state index is 0.113. The molecule has 0 aliphatic heterocycles. The van der Waals surface area contributed by atoms with Crippen LogP contribution < -0.4 is 5.32 Å². The second-order valence-corrected chi connectivity index (χ2v) is 7.34. The zero-order valence-electron chi connectivity index (χ0n) is 9.50. The molecule has 0 aromatic heterocycles. The molecule has 1 rings (SSSR count). The van der Waals surface area contributed by atoms with Crippen LogP contribution in [0.25, 0.3) is 0 Å². The molecule has 1 atom stereocenters. The molecule has 3 nitrogen and oxygen atoms in total. The van der Waals surface area contributed by atoms with Crippen LogP contribution in [0.15, 0.2) is 0 Å². The van der Waals surface area contributed by atoms with Gasteiger partial charge in [0, 0.05) is 12.3 Å². The molecule has 0 amide bonds. The molecule has 0 saturated heterocycles. The lowest BCUT2D eigenvalue weighted by Crippen LogP contribution is -2.52. The van der Waals surface area contributed by atoms with Crippen molar-refractivity contribution in [1.82, 2.24) is 5.32 Å². The Kier molecular flexibility index (Phi) is 3.26. The molecule has 1 saturated carbocycles. The van der Waals surface area contributed by atoms with Crippen LogP contribution in [0.3, 0.4) is 0 Å². The van der Waals surface area contributed by atoms with Crippen LogP contribution in [0.5, 0.6) is 0 Å². The lowest BCUT2D eigenvalue weighted by molar-refractivity contribution is 0.379. The Hall–Kier alpha value is -0.0900. The van der Waals surface area contributed by atoms with Crippen LogP contribution in [0.2, 0.25) is 0 Å². The average Bonchev–Trinajstić information content (AvgIpc) is 2.80. The summed E-state index contributed by atoms with van der Waals surface area (Å²) in [5.41, 5.74) is 0. The van der Waals surface area contributed by atoms with Crippen molar-refractivity contribution in [3.05, 3.63) is 0 Å². The third-order valence-electron chi connectivity index (χ3n) is 3.22. The van der Waals surface area contributed by atoms with E-state index < -0.39 is 14.6 Å². The third kappa shape index (κ3) is 2.28. The quantitative estimate of drug-likeness (QED) is 0.755. The van der Waals surface area contributed by atoms with Crippen LogP contribution in [0.4, 0.5) is 0 Å². The summed E-state index contributed by atoms with van der Waals surface area (Å²) in [4.78, 5) is 0. The first-order valence-corrected chi connectivity index (χ1v) is 7.12. The van der Waals surface area contributed by atoms with Crippen molar-refractivity contribution in [3.8, 4) is 0 Å². The minimum Gasteiger partial charge on any atom is -0.312 e. The van der Waals surface area contributed by atoms with Crippen molar-refractivity contribution in [2.45, 2.75) is 44.4 Å². The molecule has 4 heteroatoms. The third-order valence-corrected chi connectivity index (χ3v) is 5.39. The smallest absolute Gasteiger partial charge is 0.154 e. The van der Waals surface area contributed by atoms with Crippen molar-refractivity contribution >= 4 is 9.84 Å². The van der Waals surface area contributed by atoms with Gasteiger partial charge in [-0.2, -0.15) is 0 Å². The highest BCUT2D eigenvalue weighted by molar-refractivity contribution is 7.92. The molecular weight excluding hydrogens is 198 g/mol. The molecule has 0 heterocycles. The Morgan fingerprint density at radius 1 is 1.43 bits per heavy atom. The molecule has 84 valence electrons. The van der Waals surface area contributed by atoms with Gasteiger partial charge >= 0.3 is 0 Å². The molecule has 1 N–H and O–H groups in total. The van der Waals surface area contributed by atoms with E-state index in [0.29, 0.717) is 5.92 Å². The Labute approximate surface area is 87.2 Å². The summed E-state index contributed by atoms with van der Waals surface area (Å²) in [7, 11) is -2.99. The fraction of sp³-hybridized carbons (Fsp3) is 1.00. The molecule has 1 unspecified atom stereocenters. The van der Waals surface area contributed by atoms with Gasteiger partial charge in [0.05, 0.1) is 4.75 Å². The van der Waals surface area contributed by atoms with Gasteiger partial charge in [0.1, 0.15) is 0 Å². The Balaban J connectivity index is 2.85. The van der Waals surface area contributed by atoms with E-state index in [4.69, 9.17) is 0 Å². The van der Waals surface area contributed by atoms with Crippen molar-refractivity contribution < 1.29 is 8.42 Å². The molecular formula is C10H21NO2S. The van der Waals surface area contributed by atoms with E-state index in [1.807, 2.05) is 20.8 Å². The molecule has 0 aromatic carbocycles. The van der Waals surface area contributed by atoms with Gasteiger partial charge in [0.25, 0.3) is 0 Å². The second-order valence-electron chi connectivity index (χ2n) is 4.75. The van der Waals surface area contributed by atoms with Gasteiger partial charge in [-0.15, -0.1) is 0 Å². The van der Waals surface area contributed by atoms with Crippen LogP contribution >= 0.6 is 0 Å². The largest absolute Gasteiger partial charge is 0.312 e. The van der Waals surface area contributed by atoms with E-state index in [2.05, 4.69) is 5.32 Å². The monoisotopic (exact) mass is 219 g/mol. The highest BCUT2D eigenvalue weighted by Gasteiger charge is 2.46. The topological polar surface area (TPSA) is 46.2 Å². The first-order chi connectivity index (χ1) is 6.30. The maximum Gasteiger partial charge on any atom is 0.154 e. The first kappa shape index (κ1) is 12.0. The highest BCUT2D eigenvalue weighted by atomic mass is 32.2. The summed E-state index contributed by atoms with van der Waals surface area (Å²) >= 11 is 0. The van der Waals surface area contributed by atoms with E-state index in [-0.39, 0.29) is 6.04 Å². The Morgan fingerprint density at radius 2 is 1.93 bits per heavy atom. The fourth-order valence-electron chi connectivity index (χ4n) is 1.86. The van der Waals surface area contributed by atoms with Crippen molar-refractivity contribution in [1.29, 1.82) is 0 Å². The van der Waals surface area contributed by atoms with Crippen molar-refractivity contribution in [2.75, 3.05) is 12.8 Å². The number of rotatable bonds is 5. The maximum atomic E-state index is 11.7. The summed E-state index contributed by atoms with van der Waals surface area (Å²) in [5.74, 6) is 0.555. The highest BCUT2D eigenvalue weighted by Crippen LogP contribution is 2.39. The number of hydrogen-bond acceptors (Lipinski definition) is 3. The fourth-order valence-corrected chi connectivity index (χ4v) is 2.60. The van der Waals surface area contributed by atoms with Crippen LogP contribution in [-0.2, 0) is 9.84 Å². The van der Waals surface area contributed by atoms with Gasteiger partial charge < -0.3 is 5.32 Å². The molecule has 1 aliphatic carbocycles. The second kappa shape index (κ2) is 3.81. The SMILES string of the molecule is CCNC(C1CC1)C(C)(C)S(C)(=O)=O. The minimum atomic E-state index is -2.99. The maximum absolute atomic E-state index is 11.7. The molecule has 0 aromatic rings. The number of sulfone groups is 1. The van der Waals surface area contributed by atoms with Crippen LogP contribution in [0.1, 0.15) is 33.6 Å². The van der Waals surface area contributed by atoms with Crippen molar-refractivity contribution in [2.24, 2.45) is 5.92 Å². The van der Waals surface area contributed by atoms with E-state index in [0.717, 1.165) is 19.4 Å². The predicted octanol–water partition coefficient (Wildman–Crippen LogP) is 1.20. The Bertz CT molecular complexity index is 291. The van der Waals surface area contributed by atoms with Gasteiger partial charge in [-0.1, -0.05) is 6.92 Å². The van der Waals surface area contributed by atoms with Gasteiger partial charge in [0.2, 0.25) is 0 Å². The molecule has 1 aliphatic rings. The standard InChI is InChI=1S/C10H21NO2S/c1-5-11-9(8-6-7-8)10(2,3)14(4,12)13/h8-9,11H,5-7H2,1-4H3. The van der Waals surface area contributed by atoms with E-state index in [9.17, 15) is 8.42 Å². The zero-order valence-corrected chi connectivity index (χ0v) is 10.3. The molecule has 0 radical (unpaired) electrons. The van der Waals surface area contributed by atoms with Gasteiger partial charge in [-0.05, 0) is 39.2 Å². The molecule has 0 spiro atoms.